The third-order valence-corrected chi connectivity index (χ3v) is 3.81. The average Bonchev–Trinajstić information content (AvgIpc) is 2.38. The first-order valence-electron chi connectivity index (χ1n) is 5.70. The van der Waals surface area contributed by atoms with E-state index in [2.05, 4.69) is 9.46 Å². The van der Waals surface area contributed by atoms with Gasteiger partial charge in [-0.2, -0.15) is 0 Å². The van der Waals surface area contributed by atoms with Gasteiger partial charge in [0.1, 0.15) is 10.6 Å². The minimum absolute atomic E-state index is 0.235. The second-order valence-electron chi connectivity index (χ2n) is 3.97. The molecule has 21 heavy (non-hydrogen) atoms. The van der Waals surface area contributed by atoms with Crippen LogP contribution in [0.4, 0.5) is 18.9 Å². The smallest absolute Gasteiger partial charge is 0.404 e. The van der Waals surface area contributed by atoms with E-state index in [1.165, 1.54) is 24.3 Å². The van der Waals surface area contributed by atoms with Crippen molar-refractivity contribution in [3.63, 3.8) is 0 Å². The third-order valence-electron chi connectivity index (χ3n) is 2.39. The summed E-state index contributed by atoms with van der Waals surface area (Å²) in [7, 11) is -4.19. The number of hydrogen-bond donors (Lipinski definition) is 1. The first-order chi connectivity index (χ1) is 9.78. The quantitative estimate of drug-likeness (QED) is 0.940. The molecule has 0 aromatic heterocycles. The number of sulfonamides is 1. The summed E-state index contributed by atoms with van der Waals surface area (Å²) in [5.41, 5.74) is 0.235. The summed E-state index contributed by atoms with van der Waals surface area (Å²) in [5.74, 6) is -0.784. The SMILES string of the molecule is O=S(=O)(Nc1ccccc1)c1ccccc1OC(F)(F)F. The lowest BCUT2D eigenvalue weighted by molar-refractivity contribution is -0.275. The summed E-state index contributed by atoms with van der Waals surface area (Å²) in [6, 6.07) is 12.4. The molecule has 0 radical (unpaired) electrons. The molecule has 0 saturated heterocycles. The Morgan fingerprint density at radius 2 is 1.48 bits per heavy atom. The van der Waals surface area contributed by atoms with Gasteiger partial charge in [-0.15, -0.1) is 13.2 Å². The lowest BCUT2D eigenvalue weighted by Crippen LogP contribution is -2.20. The van der Waals surface area contributed by atoms with Crippen LogP contribution in [0.1, 0.15) is 0 Å². The zero-order valence-corrected chi connectivity index (χ0v) is 11.3. The largest absolute Gasteiger partial charge is 0.573 e. The molecule has 0 unspecified atom stereocenters. The first kappa shape index (κ1) is 15.2. The van der Waals surface area contributed by atoms with Crippen molar-refractivity contribution >= 4 is 15.7 Å². The molecule has 0 atom stereocenters. The average molecular weight is 317 g/mol. The predicted molar refractivity (Wildman–Crippen MR) is 70.4 cm³/mol. The number of hydrogen-bond acceptors (Lipinski definition) is 3. The monoisotopic (exact) mass is 317 g/mol. The normalized spacial score (nSPS) is 12.0. The van der Waals surface area contributed by atoms with E-state index in [9.17, 15) is 21.6 Å². The number of halogens is 3. The zero-order valence-electron chi connectivity index (χ0n) is 10.5. The van der Waals surface area contributed by atoms with Crippen molar-refractivity contribution in [2.75, 3.05) is 4.72 Å². The summed E-state index contributed by atoms with van der Waals surface area (Å²) >= 11 is 0. The van der Waals surface area contributed by atoms with E-state index in [0.29, 0.717) is 0 Å². The molecule has 112 valence electrons. The van der Waals surface area contributed by atoms with Crippen LogP contribution in [0.25, 0.3) is 0 Å². The van der Waals surface area contributed by atoms with Crippen LogP contribution in [0.3, 0.4) is 0 Å². The zero-order chi connectivity index (χ0) is 15.5. The predicted octanol–water partition coefficient (Wildman–Crippen LogP) is 3.39. The van der Waals surface area contributed by atoms with Gasteiger partial charge < -0.3 is 4.74 Å². The fourth-order valence-electron chi connectivity index (χ4n) is 1.60. The Morgan fingerprint density at radius 3 is 2.10 bits per heavy atom. The molecule has 1 N–H and O–H groups in total. The van der Waals surface area contributed by atoms with Crippen LogP contribution in [0.15, 0.2) is 59.5 Å². The van der Waals surface area contributed by atoms with Crippen LogP contribution >= 0.6 is 0 Å². The Labute approximate surface area is 119 Å². The van der Waals surface area contributed by atoms with Gasteiger partial charge in [-0.1, -0.05) is 30.3 Å². The summed E-state index contributed by atoms with van der Waals surface area (Å²) < 4.78 is 67.1. The van der Waals surface area contributed by atoms with Gasteiger partial charge >= 0.3 is 6.36 Å². The van der Waals surface area contributed by atoms with E-state index in [4.69, 9.17) is 0 Å². The second-order valence-corrected chi connectivity index (χ2v) is 5.62. The van der Waals surface area contributed by atoms with Crippen molar-refractivity contribution in [3.05, 3.63) is 54.6 Å². The lowest BCUT2D eigenvalue weighted by atomic mass is 10.3. The van der Waals surface area contributed by atoms with Crippen molar-refractivity contribution in [1.29, 1.82) is 0 Å². The van der Waals surface area contributed by atoms with Crippen molar-refractivity contribution < 1.29 is 26.3 Å². The molecule has 0 saturated carbocycles. The van der Waals surface area contributed by atoms with E-state index in [1.54, 1.807) is 18.2 Å². The van der Waals surface area contributed by atoms with Crippen LogP contribution in [0.2, 0.25) is 0 Å². The maximum absolute atomic E-state index is 12.3. The molecule has 2 aromatic carbocycles. The van der Waals surface area contributed by atoms with E-state index < -0.39 is 27.0 Å². The molecular formula is C13H10F3NO3S. The highest BCUT2D eigenvalue weighted by atomic mass is 32.2. The highest BCUT2D eigenvalue weighted by Gasteiger charge is 2.33. The van der Waals surface area contributed by atoms with Crippen LogP contribution in [-0.2, 0) is 10.0 Å². The van der Waals surface area contributed by atoms with Crippen molar-refractivity contribution in [1.82, 2.24) is 0 Å². The Morgan fingerprint density at radius 1 is 0.905 bits per heavy atom. The molecular weight excluding hydrogens is 307 g/mol. The minimum Gasteiger partial charge on any atom is -0.404 e. The van der Waals surface area contributed by atoms with E-state index in [-0.39, 0.29) is 5.69 Å². The topological polar surface area (TPSA) is 55.4 Å². The molecule has 0 aliphatic heterocycles. The fraction of sp³-hybridized carbons (Fsp3) is 0.0769. The standard InChI is InChI=1S/C13H10F3NO3S/c14-13(15,16)20-11-8-4-5-9-12(11)21(18,19)17-10-6-2-1-3-7-10/h1-9,17H. The van der Waals surface area contributed by atoms with E-state index >= 15 is 0 Å². The van der Waals surface area contributed by atoms with Crippen LogP contribution in [0.5, 0.6) is 5.75 Å². The maximum atomic E-state index is 12.3. The van der Waals surface area contributed by atoms with Gasteiger partial charge in [-0.25, -0.2) is 8.42 Å². The van der Waals surface area contributed by atoms with Gasteiger partial charge in [0.25, 0.3) is 10.0 Å². The number of alkyl halides is 3. The molecule has 0 amide bonds. The molecule has 0 aliphatic carbocycles. The Bertz CT molecular complexity index is 715. The first-order valence-corrected chi connectivity index (χ1v) is 7.19. The molecule has 2 rings (SSSR count). The highest BCUT2D eigenvalue weighted by molar-refractivity contribution is 7.92. The van der Waals surface area contributed by atoms with Gasteiger partial charge in [-0.05, 0) is 24.3 Å². The van der Waals surface area contributed by atoms with E-state index in [0.717, 1.165) is 12.1 Å². The fourth-order valence-corrected chi connectivity index (χ4v) is 2.79. The van der Waals surface area contributed by atoms with Crippen LogP contribution in [-0.4, -0.2) is 14.8 Å². The molecule has 4 nitrogen and oxygen atoms in total. The van der Waals surface area contributed by atoms with Gasteiger partial charge in [0.2, 0.25) is 0 Å². The maximum Gasteiger partial charge on any atom is 0.573 e. The molecule has 0 bridgehead atoms. The summed E-state index contributed by atoms with van der Waals surface area (Å²) in [5, 5.41) is 0. The molecule has 2 aromatic rings. The van der Waals surface area contributed by atoms with Gasteiger partial charge in [-0.3, -0.25) is 4.72 Å². The number of anilines is 1. The highest BCUT2D eigenvalue weighted by Crippen LogP contribution is 2.30. The second kappa shape index (κ2) is 5.65. The third kappa shape index (κ3) is 4.12. The number of rotatable bonds is 4. The molecule has 0 fully saturated rings. The van der Waals surface area contributed by atoms with E-state index in [1.807, 2.05) is 0 Å². The number of ether oxygens (including phenoxy) is 1. The number of benzene rings is 2. The lowest BCUT2D eigenvalue weighted by Gasteiger charge is -2.14. The van der Waals surface area contributed by atoms with Crippen LogP contribution < -0.4 is 9.46 Å². The Hall–Kier alpha value is -2.22. The molecule has 0 aliphatic rings. The summed E-state index contributed by atoms with van der Waals surface area (Å²) in [6.07, 6.45) is -4.97. The summed E-state index contributed by atoms with van der Waals surface area (Å²) in [4.78, 5) is -0.592. The van der Waals surface area contributed by atoms with Gasteiger partial charge in [0.05, 0.1) is 0 Å². The van der Waals surface area contributed by atoms with Crippen molar-refractivity contribution in [2.45, 2.75) is 11.3 Å². The van der Waals surface area contributed by atoms with Crippen molar-refractivity contribution in [3.8, 4) is 5.75 Å². The summed E-state index contributed by atoms with van der Waals surface area (Å²) in [6.45, 7) is 0. The van der Waals surface area contributed by atoms with Crippen LogP contribution in [0, 0.1) is 0 Å². The van der Waals surface area contributed by atoms with Crippen molar-refractivity contribution in [2.24, 2.45) is 0 Å². The molecule has 8 heteroatoms. The minimum atomic E-state index is -4.97. The Kier molecular flexibility index (Phi) is 4.08. The number of para-hydroxylation sites is 2. The number of nitrogens with one attached hydrogen (secondary N) is 1. The molecule has 0 heterocycles. The Balaban J connectivity index is 2.37. The molecule has 0 spiro atoms. The van der Waals surface area contributed by atoms with Gasteiger partial charge in [0, 0.05) is 5.69 Å². The van der Waals surface area contributed by atoms with Gasteiger partial charge in [0.15, 0.2) is 0 Å².